The molecule has 1 aromatic rings. The van der Waals surface area contributed by atoms with E-state index in [-0.39, 0.29) is 12.5 Å². The van der Waals surface area contributed by atoms with Gasteiger partial charge in [0.05, 0.1) is 12.1 Å². The largest absolute Gasteiger partial charge is 0.481 e. The SMILES string of the molecule is C[C@@H](CCCCNC(=O)OCc1cn[nH]n1)C(=O)O. The molecule has 19 heavy (non-hydrogen) atoms. The average Bonchev–Trinajstić information content (AvgIpc) is 2.88. The summed E-state index contributed by atoms with van der Waals surface area (Å²) in [7, 11) is 0. The van der Waals surface area contributed by atoms with Crippen molar-refractivity contribution in [1.29, 1.82) is 0 Å². The molecule has 0 aliphatic rings. The zero-order chi connectivity index (χ0) is 14.1. The lowest BCUT2D eigenvalue weighted by Crippen LogP contribution is -2.25. The number of carboxylic acids is 1. The first-order chi connectivity index (χ1) is 9.09. The Kier molecular flexibility index (Phi) is 6.34. The van der Waals surface area contributed by atoms with Crippen LogP contribution in [0.3, 0.4) is 0 Å². The Labute approximate surface area is 110 Å². The molecule has 0 aliphatic heterocycles. The monoisotopic (exact) mass is 270 g/mol. The Balaban J connectivity index is 2.00. The maximum Gasteiger partial charge on any atom is 0.407 e. The highest BCUT2D eigenvalue weighted by molar-refractivity contribution is 5.69. The third kappa shape index (κ3) is 6.39. The average molecular weight is 270 g/mol. The zero-order valence-corrected chi connectivity index (χ0v) is 10.8. The first-order valence-corrected chi connectivity index (χ1v) is 6.07. The number of carboxylic acid groups (broad SMARTS) is 1. The van der Waals surface area contributed by atoms with E-state index in [2.05, 4.69) is 20.7 Å². The number of carbonyl (C=O) groups is 2. The molecule has 3 N–H and O–H groups in total. The van der Waals surface area contributed by atoms with E-state index in [0.29, 0.717) is 18.7 Å². The number of unbranched alkanes of at least 4 members (excludes halogenated alkanes) is 1. The summed E-state index contributed by atoms with van der Waals surface area (Å²) in [5.41, 5.74) is 0.547. The van der Waals surface area contributed by atoms with E-state index in [9.17, 15) is 9.59 Å². The van der Waals surface area contributed by atoms with Gasteiger partial charge in [-0.1, -0.05) is 13.3 Å². The van der Waals surface area contributed by atoms with E-state index in [1.165, 1.54) is 6.20 Å². The Morgan fingerprint density at radius 1 is 1.53 bits per heavy atom. The summed E-state index contributed by atoms with van der Waals surface area (Å²) in [5, 5.41) is 21.0. The Morgan fingerprint density at radius 3 is 2.95 bits per heavy atom. The first kappa shape index (κ1) is 14.9. The maximum absolute atomic E-state index is 11.3. The fourth-order valence-corrected chi connectivity index (χ4v) is 1.37. The van der Waals surface area contributed by atoms with Crippen molar-refractivity contribution in [2.75, 3.05) is 6.54 Å². The number of amides is 1. The van der Waals surface area contributed by atoms with Crippen molar-refractivity contribution in [2.24, 2.45) is 5.92 Å². The van der Waals surface area contributed by atoms with Crippen LogP contribution in [-0.4, -0.2) is 39.1 Å². The second-order valence-corrected chi connectivity index (χ2v) is 4.20. The van der Waals surface area contributed by atoms with Crippen LogP contribution in [0.4, 0.5) is 4.79 Å². The third-order valence-corrected chi connectivity index (χ3v) is 2.57. The van der Waals surface area contributed by atoms with Gasteiger partial charge < -0.3 is 15.2 Å². The van der Waals surface area contributed by atoms with Gasteiger partial charge in [0.1, 0.15) is 12.3 Å². The van der Waals surface area contributed by atoms with Gasteiger partial charge in [-0.25, -0.2) is 4.79 Å². The summed E-state index contributed by atoms with van der Waals surface area (Å²) in [4.78, 5) is 21.8. The number of ether oxygens (including phenoxy) is 1. The molecule has 0 fully saturated rings. The summed E-state index contributed by atoms with van der Waals surface area (Å²) >= 11 is 0. The summed E-state index contributed by atoms with van der Waals surface area (Å²) in [6.45, 7) is 2.20. The number of aromatic nitrogens is 3. The molecular weight excluding hydrogens is 252 g/mol. The number of aliphatic carboxylic acids is 1. The van der Waals surface area contributed by atoms with Crippen molar-refractivity contribution in [1.82, 2.24) is 20.7 Å². The summed E-state index contributed by atoms with van der Waals surface area (Å²) in [6.07, 6.45) is 3.02. The molecule has 0 saturated carbocycles. The van der Waals surface area contributed by atoms with Crippen molar-refractivity contribution >= 4 is 12.1 Å². The Bertz CT molecular complexity index is 393. The lowest BCUT2D eigenvalue weighted by atomic mass is 10.0. The van der Waals surface area contributed by atoms with Gasteiger partial charge in [0.2, 0.25) is 0 Å². The number of nitrogens with one attached hydrogen (secondary N) is 2. The highest BCUT2D eigenvalue weighted by Crippen LogP contribution is 2.07. The maximum atomic E-state index is 11.3. The molecular formula is C11H18N4O4. The molecule has 0 spiro atoms. The Hall–Kier alpha value is -2.12. The van der Waals surface area contributed by atoms with Gasteiger partial charge in [-0.2, -0.15) is 15.4 Å². The molecule has 0 saturated heterocycles. The van der Waals surface area contributed by atoms with Crippen molar-refractivity contribution in [2.45, 2.75) is 32.8 Å². The molecule has 1 amide bonds. The third-order valence-electron chi connectivity index (χ3n) is 2.57. The smallest absolute Gasteiger partial charge is 0.407 e. The van der Waals surface area contributed by atoms with Crippen LogP contribution in [0.25, 0.3) is 0 Å². The molecule has 0 radical (unpaired) electrons. The molecule has 1 rings (SSSR count). The van der Waals surface area contributed by atoms with Crippen LogP contribution in [0.15, 0.2) is 6.20 Å². The molecule has 106 valence electrons. The summed E-state index contributed by atoms with van der Waals surface area (Å²) in [5.74, 6) is -1.14. The predicted molar refractivity (Wildman–Crippen MR) is 65.2 cm³/mol. The van der Waals surface area contributed by atoms with E-state index in [0.717, 1.165) is 12.8 Å². The quantitative estimate of drug-likeness (QED) is 0.605. The van der Waals surface area contributed by atoms with Crippen LogP contribution in [0.1, 0.15) is 31.9 Å². The molecule has 0 bridgehead atoms. The van der Waals surface area contributed by atoms with Gasteiger partial charge in [-0.15, -0.1) is 0 Å². The Morgan fingerprint density at radius 2 is 2.32 bits per heavy atom. The number of rotatable bonds is 8. The van der Waals surface area contributed by atoms with Gasteiger partial charge in [0.15, 0.2) is 0 Å². The van der Waals surface area contributed by atoms with Crippen LogP contribution in [-0.2, 0) is 16.1 Å². The number of aromatic amines is 1. The second-order valence-electron chi connectivity index (χ2n) is 4.20. The standard InChI is InChI=1S/C11H18N4O4/c1-8(10(16)17)4-2-3-5-12-11(18)19-7-9-6-13-15-14-9/h6,8H,2-5,7H2,1H3,(H,12,18)(H,16,17)(H,13,14,15)/t8-/m0/s1. The van der Waals surface area contributed by atoms with Crippen molar-refractivity contribution < 1.29 is 19.4 Å². The van der Waals surface area contributed by atoms with Crippen LogP contribution in [0.2, 0.25) is 0 Å². The molecule has 1 atom stereocenters. The van der Waals surface area contributed by atoms with Crippen LogP contribution >= 0.6 is 0 Å². The molecule has 0 unspecified atom stereocenters. The van der Waals surface area contributed by atoms with Gasteiger partial charge in [0.25, 0.3) is 0 Å². The van der Waals surface area contributed by atoms with Crippen molar-refractivity contribution in [3.05, 3.63) is 11.9 Å². The normalized spacial score (nSPS) is 11.8. The minimum Gasteiger partial charge on any atom is -0.481 e. The lowest BCUT2D eigenvalue weighted by molar-refractivity contribution is -0.141. The minimum atomic E-state index is -0.792. The van der Waals surface area contributed by atoms with E-state index >= 15 is 0 Å². The van der Waals surface area contributed by atoms with Crippen LogP contribution < -0.4 is 5.32 Å². The van der Waals surface area contributed by atoms with E-state index in [1.807, 2.05) is 0 Å². The molecule has 0 aromatic carbocycles. The lowest BCUT2D eigenvalue weighted by Gasteiger charge is -2.07. The predicted octanol–water partition coefficient (Wildman–Crippen LogP) is 0.922. The van der Waals surface area contributed by atoms with Crippen molar-refractivity contribution in [3.8, 4) is 0 Å². The first-order valence-electron chi connectivity index (χ1n) is 6.07. The fraction of sp³-hybridized carbons (Fsp3) is 0.636. The summed E-state index contributed by atoms with van der Waals surface area (Å²) < 4.78 is 4.89. The van der Waals surface area contributed by atoms with E-state index < -0.39 is 12.1 Å². The number of nitrogens with zero attached hydrogens (tertiary/aromatic N) is 2. The van der Waals surface area contributed by atoms with Gasteiger partial charge in [-0.05, 0) is 12.8 Å². The van der Waals surface area contributed by atoms with E-state index in [4.69, 9.17) is 9.84 Å². The fourth-order valence-electron chi connectivity index (χ4n) is 1.37. The molecule has 0 aliphatic carbocycles. The number of carbonyl (C=O) groups excluding carboxylic acids is 1. The van der Waals surface area contributed by atoms with Gasteiger partial charge in [0, 0.05) is 6.54 Å². The molecule has 1 heterocycles. The minimum absolute atomic E-state index is 0.0678. The topological polar surface area (TPSA) is 117 Å². The van der Waals surface area contributed by atoms with Gasteiger partial charge >= 0.3 is 12.1 Å². The zero-order valence-electron chi connectivity index (χ0n) is 10.8. The molecule has 1 aromatic heterocycles. The highest BCUT2D eigenvalue weighted by Gasteiger charge is 2.09. The van der Waals surface area contributed by atoms with Gasteiger partial charge in [-0.3, -0.25) is 4.79 Å². The number of alkyl carbamates (subject to hydrolysis) is 1. The molecule has 8 heteroatoms. The van der Waals surface area contributed by atoms with Crippen LogP contribution in [0, 0.1) is 5.92 Å². The number of H-pyrrole nitrogens is 1. The van der Waals surface area contributed by atoms with Crippen LogP contribution in [0.5, 0.6) is 0 Å². The second kappa shape index (κ2) is 8.06. The number of hydrogen-bond donors (Lipinski definition) is 3. The highest BCUT2D eigenvalue weighted by atomic mass is 16.5. The van der Waals surface area contributed by atoms with E-state index in [1.54, 1.807) is 6.92 Å². The van der Waals surface area contributed by atoms with Crippen molar-refractivity contribution in [3.63, 3.8) is 0 Å². The summed E-state index contributed by atoms with van der Waals surface area (Å²) in [6, 6.07) is 0. The number of hydrogen-bond acceptors (Lipinski definition) is 5. The molecule has 8 nitrogen and oxygen atoms in total.